The summed E-state index contributed by atoms with van der Waals surface area (Å²) in [6.07, 6.45) is 3.63. The quantitative estimate of drug-likeness (QED) is 0.110. The molecule has 12 nitrogen and oxygen atoms in total. The number of carboxylic acid groups (broad SMARTS) is 1. The number of nitrogens with zero attached hydrogens (tertiary/aromatic N) is 3. The molecular weight excluding hydrogens is 638 g/mol. The molecule has 2 heterocycles. The van der Waals surface area contributed by atoms with E-state index in [0.29, 0.717) is 30.8 Å². The number of unbranched alkanes of at least 4 members (excludes halogenated alkanes) is 2. The van der Waals surface area contributed by atoms with E-state index in [1.807, 2.05) is 55.5 Å². The molecule has 0 aromatic heterocycles. The second-order valence-corrected chi connectivity index (χ2v) is 13.0. The number of fused-ring (bicyclic) bond motifs is 1. The van der Waals surface area contributed by atoms with E-state index in [1.165, 1.54) is 12.2 Å². The first-order valence-corrected chi connectivity index (χ1v) is 17.6. The molecule has 0 bridgehead atoms. The number of hydrogen-bond donors (Lipinski definition) is 2. The van der Waals surface area contributed by atoms with Crippen molar-refractivity contribution in [2.45, 2.75) is 52.9 Å². The Balaban J connectivity index is 1.74. The van der Waals surface area contributed by atoms with Crippen molar-refractivity contribution in [3.05, 3.63) is 88.7 Å². The number of amides is 4. The van der Waals surface area contributed by atoms with Crippen molar-refractivity contribution in [3.63, 3.8) is 0 Å². The van der Waals surface area contributed by atoms with Crippen molar-refractivity contribution >= 4 is 45.2 Å². The number of hydrogen-bond acceptors (Lipinski definition) is 8. The van der Waals surface area contributed by atoms with Crippen molar-refractivity contribution in [2.24, 2.45) is 0 Å². The number of aliphatic carboxylic acids is 1. The maximum Gasteiger partial charge on any atom is 0.333 e. The van der Waals surface area contributed by atoms with Gasteiger partial charge in [0.2, 0.25) is 0 Å². The van der Waals surface area contributed by atoms with Gasteiger partial charge in [-0.3, -0.25) is 28.7 Å². The summed E-state index contributed by atoms with van der Waals surface area (Å²) >= 11 is 0. The van der Waals surface area contributed by atoms with E-state index in [4.69, 9.17) is 9.84 Å². The predicted molar refractivity (Wildman–Crippen MR) is 181 cm³/mol. The zero-order valence-electron chi connectivity index (χ0n) is 27.3. The van der Waals surface area contributed by atoms with Crippen LogP contribution < -0.4 is 9.64 Å². The number of rotatable bonds is 15. The van der Waals surface area contributed by atoms with Gasteiger partial charge in [-0.05, 0) is 75.5 Å². The number of ether oxygens (including phenoxy) is 1. The number of allylic oxidation sites excluding steroid dienone is 3. The maximum absolute atomic E-state index is 13.6. The Morgan fingerprint density at radius 3 is 2.15 bits per heavy atom. The van der Waals surface area contributed by atoms with E-state index in [2.05, 4.69) is 18.7 Å². The van der Waals surface area contributed by atoms with Gasteiger partial charge in [0.05, 0.1) is 5.75 Å². The first-order valence-electron chi connectivity index (χ1n) is 16.0. The number of imide groups is 2. The first-order chi connectivity index (χ1) is 22.9. The molecule has 48 heavy (non-hydrogen) atoms. The lowest BCUT2D eigenvalue weighted by Crippen LogP contribution is -2.56. The van der Waals surface area contributed by atoms with Crippen molar-refractivity contribution < 1.29 is 42.0 Å². The lowest BCUT2D eigenvalue weighted by molar-refractivity contribution is -0.138. The van der Waals surface area contributed by atoms with E-state index in [9.17, 15) is 32.1 Å². The number of barbiturate groups is 1. The molecule has 256 valence electrons. The summed E-state index contributed by atoms with van der Waals surface area (Å²) in [6.45, 7) is 7.19. The highest BCUT2D eigenvalue weighted by Crippen LogP contribution is 2.43. The van der Waals surface area contributed by atoms with Crippen LogP contribution in [0.4, 0.5) is 10.5 Å². The Morgan fingerprint density at radius 1 is 0.896 bits per heavy atom. The Hall–Kier alpha value is -4.75. The van der Waals surface area contributed by atoms with Gasteiger partial charge < -0.3 is 14.7 Å². The molecule has 4 amide bonds. The van der Waals surface area contributed by atoms with E-state index in [1.54, 1.807) is 0 Å². The summed E-state index contributed by atoms with van der Waals surface area (Å²) in [5.74, 6) is -2.36. The molecule has 13 heteroatoms. The topological polar surface area (TPSA) is 162 Å². The Labute approximate surface area is 280 Å². The molecule has 0 spiro atoms. The van der Waals surface area contributed by atoms with Gasteiger partial charge in [-0.15, -0.1) is 0 Å². The molecule has 0 radical (unpaired) electrons. The van der Waals surface area contributed by atoms with Gasteiger partial charge in [-0.2, -0.15) is 8.42 Å². The molecule has 0 saturated carbocycles. The minimum absolute atomic E-state index is 0.0573. The SMILES string of the molecule is CCN(CC)c1ccc2c(c1)O/C(=C\C=C1/C(=O)N(CCCCCC(=O)O)C(=O)N(CCCS(=O)(=O)O)C1=O)C(C)=C2c1ccccc1. The van der Waals surface area contributed by atoms with Crippen molar-refractivity contribution in [3.8, 4) is 5.75 Å². The maximum atomic E-state index is 13.6. The molecule has 0 unspecified atom stereocenters. The van der Waals surface area contributed by atoms with Crippen LogP contribution in [-0.2, 0) is 24.5 Å². The van der Waals surface area contributed by atoms with Crippen LogP contribution in [0.2, 0.25) is 0 Å². The summed E-state index contributed by atoms with van der Waals surface area (Å²) in [4.78, 5) is 55.2. The van der Waals surface area contributed by atoms with Crippen molar-refractivity contribution in [1.29, 1.82) is 0 Å². The third kappa shape index (κ3) is 8.58. The predicted octanol–water partition coefficient (Wildman–Crippen LogP) is 5.27. The number of carbonyl (C=O) groups is 4. The second kappa shape index (κ2) is 15.9. The van der Waals surface area contributed by atoms with Crippen LogP contribution in [-0.4, -0.2) is 83.6 Å². The fraction of sp³-hybridized carbons (Fsp3) is 0.371. The van der Waals surface area contributed by atoms with E-state index in [0.717, 1.165) is 50.8 Å². The first kappa shape index (κ1) is 36.1. The van der Waals surface area contributed by atoms with E-state index in [-0.39, 0.29) is 31.5 Å². The molecule has 2 aromatic carbocycles. The lowest BCUT2D eigenvalue weighted by Gasteiger charge is -2.34. The zero-order chi connectivity index (χ0) is 35.0. The van der Waals surface area contributed by atoms with Crippen LogP contribution in [0.1, 0.15) is 64.0 Å². The van der Waals surface area contributed by atoms with Gasteiger partial charge in [0.15, 0.2) is 0 Å². The minimum Gasteiger partial charge on any atom is -0.481 e. The summed E-state index contributed by atoms with van der Waals surface area (Å²) in [5, 5.41) is 8.91. The molecular formula is C35H41N3O9S. The van der Waals surface area contributed by atoms with Gasteiger partial charge in [0, 0.05) is 55.5 Å². The number of anilines is 1. The third-order valence-electron chi connectivity index (χ3n) is 8.26. The largest absolute Gasteiger partial charge is 0.481 e. The second-order valence-electron chi connectivity index (χ2n) is 11.5. The van der Waals surface area contributed by atoms with Crippen LogP contribution in [0.3, 0.4) is 0 Å². The van der Waals surface area contributed by atoms with Crippen LogP contribution in [0.25, 0.3) is 5.57 Å². The summed E-state index contributed by atoms with van der Waals surface area (Å²) in [5.41, 5.74) is 4.16. The summed E-state index contributed by atoms with van der Waals surface area (Å²) < 4.78 is 38.2. The molecule has 4 rings (SSSR count). The molecule has 0 aliphatic carbocycles. The highest BCUT2D eigenvalue weighted by atomic mass is 32.2. The molecule has 1 saturated heterocycles. The van der Waals surface area contributed by atoms with E-state index < -0.39 is 39.7 Å². The number of carboxylic acids is 1. The molecule has 1 fully saturated rings. The van der Waals surface area contributed by atoms with Crippen LogP contribution in [0.5, 0.6) is 5.75 Å². The molecule has 0 atom stereocenters. The number of carbonyl (C=O) groups excluding carboxylic acids is 3. The standard InChI is InChI=1S/C35H41N3O9S/c1-4-36(5-2)26-16-17-27-30(23-26)47-29(24(3)32(27)25-13-8-6-9-14-25)19-18-28-33(41)37(20-11-7-10-15-31(39)40)35(43)38(34(28)42)21-12-22-48(44,45)46/h6,8-9,13-14,16-19,23H,4-5,7,10-12,15,20-22H2,1-3H3,(H,39,40)(H,44,45,46)/b28-18+,29-19-. The normalized spacial score (nSPS) is 16.9. The number of urea groups is 1. The van der Waals surface area contributed by atoms with Crippen LogP contribution >= 0.6 is 0 Å². The smallest absolute Gasteiger partial charge is 0.333 e. The van der Waals surface area contributed by atoms with Gasteiger partial charge >= 0.3 is 12.0 Å². The lowest BCUT2D eigenvalue weighted by atomic mass is 9.90. The summed E-state index contributed by atoms with van der Waals surface area (Å²) in [7, 11) is -4.35. The van der Waals surface area contributed by atoms with Gasteiger partial charge in [0.1, 0.15) is 17.1 Å². The fourth-order valence-corrected chi connectivity index (χ4v) is 6.26. The fourth-order valence-electron chi connectivity index (χ4n) is 5.77. The third-order valence-corrected chi connectivity index (χ3v) is 9.07. The van der Waals surface area contributed by atoms with Crippen LogP contribution in [0.15, 0.2) is 77.6 Å². The molecule has 2 aromatic rings. The molecule has 2 aliphatic rings. The monoisotopic (exact) mass is 679 g/mol. The van der Waals surface area contributed by atoms with Gasteiger partial charge in [-0.1, -0.05) is 36.8 Å². The summed E-state index contributed by atoms with van der Waals surface area (Å²) in [6, 6.07) is 14.9. The highest BCUT2D eigenvalue weighted by Gasteiger charge is 2.41. The molecule has 2 aliphatic heterocycles. The van der Waals surface area contributed by atoms with Gasteiger partial charge in [0.25, 0.3) is 21.9 Å². The van der Waals surface area contributed by atoms with Crippen molar-refractivity contribution in [1.82, 2.24) is 9.80 Å². The average Bonchev–Trinajstić information content (AvgIpc) is 3.04. The minimum atomic E-state index is -4.35. The average molecular weight is 680 g/mol. The Morgan fingerprint density at radius 2 is 1.54 bits per heavy atom. The van der Waals surface area contributed by atoms with E-state index >= 15 is 0 Å². The number of benzene rings is 2. The van der Waals surface area contributed by atoms with Crippen LogP contribution in [0, 0.1) is 0 Å². The Kier molecular flexibility index (Phi) is 12.0. The highest BCUT2D eigenvalue weighted by molar-refractivity contribution is 7.85. The van der Waals surface area contributed by atoms with Gasteiger partial charge in [-0.25, -0.2) is 4.79 Å². The zero-order valence-corrected chi connectivity index (χ0v) is 28.2. The van der Waals surface area contributed by atoms with Crippen molar-refractivity contribution in [2.75, 3.05) is 36.8 Å². The Bertz CT molecular complexity index is 1760. The molecule has 2 N–H and O–H groups in total.